The maximum atomic E-state index is 12.5. The van der Waals surface area contributed by atoms with E-state index in [0.29, 0.717) is 5.82 Å². The molecule has 1 unspecified atom stereocenters. The lowest BCUT2D eigenvalue weighted by Gasteiger charge is -2.23. The minimum Gasteiger partial charge on any atom is -0.326 e. The predicted octanol–water partition coefficient (Wildman–Crippen LogP) is 1.80. The first-order valence-electron chi connectivity index (χ1n) is 7.74. The van der Waals surface area contributed by atoms with Gasteiger partial charge in [-0.1, -0.05) is 12.1 Å². The molecule has 1 spiro atoms. The summed E-state index contributed by atoms with van der Waals surface area (Å²) in [5, 5.41) is 13.1. The van der Waals surface area contributed by atoms with E-state index in [0.717, 1.165) is 43.6 Å². The number of rotatable bonds is 3. The zero-order valence-electron chi connectivity index (χ0n) is 12.3. The molecule has 1 aromatic carbocycles. The minimum absolute atomic E-state index is 0.150. The summed E-state index contributed by atoms with van der Waals surface area (Å²) in [6.07, 6.45) is 4.74. The van der Waals surface area contributed by atoms with Crippen LogP contribution in [0.4, 0.5) is 5.69 Å². The summed E-state index contributed by atoms with van der Waals surface area (Å²) in [5.74, 6) is 1.03. The van der Waals surface area contributed by atoms with Crippen molar-refractivity contribution in [1.82, 2.24) is 20.5 Å². The highest BCUT2D eigenvalue weighted by atomic mass is 16.2. The fourth-order valence-electron chi connectivity index (χ4n) is 3.51. The number of anilines is 1. The number of nitrogens with zero attached hydrogens (tertiary/aromatic N) is 2. The number of benzene rings is 1. The fraction of sp³-hybridized carbons (Fsp3) is 0.438. The van der Waals surface area contributed by atoms with Gasteiger partial charge in [-0.3, -0.25) is 9.89 Å². The van der Waals surface area contributed by atoms with E-state index in [1.807, 2.05) is 24.3 Å². The minimum atomic E-state index is 0.150. The van der Waals surface area contributed by atoms with E-state index in [2.05, 4.69) is 25.8 Å². The van der Waals surface area contributed by atoms with Crippen molar-refractivity contribution < 1.29 is 4.79 Å². The third-order valence-electron chi connectivity index (χ3n) is 4.92. The molecule has 22 heavy (non-hydrogen) atoms. The molecule has 4 rings (SSSR count). The standard InChI is InChI=1S/C16H19N5O/c22-15(13-9-16(13)4-6-17-7-5-16)20-12-3-1-2-11(8-12)14-18-10-19-21-14/h1-3,8,10,13,17H,4-7,9H2,(H,20,22)(H,18,19,21). The van der Waals surface area contributed by atoms with Crippen molar-refractivity contribution in [2.24, 2.45) is 11.3 Å². The number of nitrogens with one attached hydrogen (secondary N) is 3. The second kappa shape index (κ2) is 5.21. The quantitative estimate of drug-likeness (QED) is 0.807. The first kappa shape index (κ1) is 13.5. The second-order valence-corrected chi connectivity index (χ2v) is 6.27. The highest BCUT2D eigenvalue weighted by Crippen LogP contribution is 2.58. The molecular weight excluding hydrogens is 278 g/mol. The Kier molecular flexibility index (Phi) is 3.18. The Morgan fingerprint density at radius 1 is 1.32 bits per heavy atom. The van der Waals surface area contributed by atoms with E-state index in [4.69, 9.17) is 0 Å². The van der Waals surface area contributed by atoms with Crippen LogP contribution < -0.4 is 10.6 Å². The van der Waals surface area contributed by atoms with Crippen LogP contribution in [-0.4, -0.2) is 34.2 Å². The fourth-order valence-corrected chi connectivity index (χ4v) is 3.51. The van der Waals surface area contributed by atoms with Gasteiger partial charge in [-0.15, -0.1) is 0 Å². The number of carbonyl (C=O) groups is 1. The smallest absolute Gasteiger partial charge is 0.228 e. The molecule has 3 N–H and O–H groups in total. The van der Waals surface area contributed by atoms with Crippen molar-refractivity contribution in [3.8, 4) is 11.4 Å². The van der Waals surface area contributed by atoms with Crippen molar-refractivity contribution in [2.75, 3.05) is 18.4 Å². The molecule has 1 aliphatic heterocycles. The summed E-state index contributed by atoms with van der Waals surface area (Å²) >= 11 is 0. The van der Waals surface area contributed by atoms with Gasteiger partial charge in [0.25, 0.3) is 0 Å². The zero-order chi connectivity index (χ0) is 15.0. The first-order valence-corrected chi connectivity index (χ1v) is 7.74. The maximum absolute atomic E-state index is 12.5. The molecule has 1 saturated carbocycles. The molecule has 6 heteroatoms. The summed E-state index contributed by atoms with van der Waals surface area (Å²) in [4.78, 5) is 16.6. The lowest BCUT2D eigenvalue weighted by atomic mass is 9.92. The van der Waals surface area contributed by atoms with Crippen molar-refractivity contribution >= 4 is 11.6 Å². The SMILES string of the molecule is O=C(Nc1cccc(-c2ncn[nH]2)c1)C1CC12CCNCC2. The summed E-state index contributed by atoms with van der Waals surface area (Å²) in [7, 11) is 0. The normalized spacial score (nSPS) is 22.5. The van der Waals surface area contributed by atoms with Gasteiger partial charge in [0.05, 0.1) is 0 Å². The molecule has 0 radical (unpaired) electrons. The van der Waals surface area contributed by atoms with Gasteiger partial charge in [0.15, 0.2) is 5.82 Å². The van der Waals surface area contributed by atoms with Gasteiger partial charge in [-0.2, -0.15) is 5.10 Å². The Balaban J connectivity index is 1.45. The molecule has 2 aromatic rings. The monoisotopic (exact) mass is 297 g/mol. The van der Waals surface area contributed by atoms with Crippen LogP contribution in [0.5, 0.6) is 0 Å². The second-order valence-electron chi connectivity index (χ2n) is 6.27. The molecular formula is C16H19N5O. The van der Waals surface area contributed by atoms with Gasteiger partial charge < -0.3 is 10.6 Å². The van der Waals surface area contributed by atoms with E-state index in [1.165, 1.54) is 6.33 Å². The van der Waals surface area contributed by atoms with Gasteiger partial charge >= 0.3 is 0 Å². The molecule has 114 valence electrons. The van der Waals surface area contributed by atoms with Crippen molar-refractivity contribution in [3.63, 3.8) is 0 Å². The van der Waals surface area contributed by atoms with Gasteiger partial charge in [0.1, 0.15) is 6.33 Å². The average Bonchev–Trinajstić information content (AvgIpc) is 3.00. The van der Waals surface area contributed by atoms with Crippen LogP contribution in [0.1, 0.15) is 19.3 Å². The lowest BCUT2D eigenvalue weighted by molar-refractivity contribution is -0.118. The Morgan fingerprint density at radius 3 is 2.95 bits per heavy atom. The van der Waals surface area contributed by atoms with Gasteiger partial charge in [-0.05, 0) is 49.9 Å². The largest absolute Gasteiger partial charge is 0.326 e. The zero-order valence-corrected chi connectivity index (χ0v) is 12.3. The van der Waals surface area contributed by atoms with Crippen LogP contribution in [-0.2, 0) is 4.79 Å². The number of aromatic amines is 1. The molecule has 1 aliphatic carbocycles. The number of amides is 1. The van der Waals surface area contributed by atoms with E-state index >= 15 is 0 Å². The molecule has 1 atom stereocenters. The summed E-state index contributed by atoms with van der Waals surface area (Å²) in [6.45, 7) is 2.06. The van der Waals surface area contributed by atoms with Crippen LogP contribution in [0.2, 0.25) is 0 Å². The summed E-state index contributed by atoms with van der Waals surface area (Å²) in [5.41, 5.74) is 2.00. The number of hydrogen-bond acceptors (Lipinski definition) is 4. The predicted molar refractivity (Wildman–Crippen MR) is 83.1 cm³/mol. The number of hydrogen-bond donors (Lipinski definition) is 3. The van der Waals surface area contributed by atoms with Gasteiger partial charge in [0.2, 0.25) is 5.91 Å². The molecule has 6 nitrogen and oxygen atoms in total. The molecule has 2 heterocycles. The van der Waals surface area contributed by atoms with Crippen LogP contribution in [0.25, 0.3) is 11.4 Å². The van der Waals surface area contributed by atoms with Crippen LogP contribution in [0.3, 0.4) is 0 Å². The van der Waals surface area contributed by atoms with Crippen LogP contribution in [0, 0.1) is 11.3 Å². The maximum Gasteiger partial charge on any atom is 0.228 e. The Bertz CT molecular complexity index is 676. The number of carbonyl (C=O) groups excluding carboxylic acids is 1. The van der Waals surface area contributed by atoms with Gasteiger partial charge in [0, 0.05) is 17.2 Å². The summed E-state index contributed by atoms with van der Waals surface area (Å²) in [6, 6.07) is 7.70. The number of piperidine rings is 1. The Hall–Kier alpha value is -2.21. The molecule has 1 aromatic heterocycles. The van der Waals surface area contributed by atoms with E-state index < -0.39 is 0 Å². The Morgan fingerprint density at radius 2 is 2.18 bits per heavy atom. The summed E-state index contributed by atoms with van der Waals surface area (Å²) < 4.78 is 0. The lowest BCUT2D eigenvalue weighted by Crippen LogP contribution is -2.31. The number of aromatic nitrogens is 3. The van der Waals surface area contributed by atoms with Crippen molar-refractivity contribution in [1.29, 1.82) is 0 Å². The topological polar surface area (TPSA) is 82.7 Å². The highest BCUT2D eigenvalue weighted by molar-refractivity contribution is 5.95. The molecule has 0 bridgehead atoms. The highest BCUT2D eigenvalue weighted by Gasteiger charge is 2.57. The third-order valence-corrected chi connectivity index (χ3v) is 4.92. The van der Waals surface area contributed by atoms with E-state index in [9.17, 15) is 4.79 Å². The molecule has 1 amide bonds. The van der Waals surface area contributed by atoms with E-state index in [1.54, 1.807) is 0 Å². The molecule has 1 saturated heterocycles. The van der Waals surface area contributed by atoms with Crippen LogP contribution >= 0.6 is 0 Å². The third kappa shape index (κ3) is 2.39. The molecule has 2 fully saturated rings. The first-order chi connectivity index (χ1) is 10.8. The Labute approximate surface area is 128 Å². The number of H-pyrrole nitrogens is 1. The van der Waals surface area contributed by atoms with Crippen LogP contribution in [0.15, 0.2) is 30.6 Å². The van der Waals surface area contributed by atoms with Crippen molar-refractivity contribution in [2.45, 2.75) is 19.3 Å². The average molecular weight is 297 g/mol. The van der Waals surface area contributed by atoms with Crippen molar-refractivity contribution in [3.05, 3.63) is 30.6 Å². The van der Waals surface area contributed by atoms with E-state index in [-0.39, 0.29) is 17.2 Å². The molecule has 2 aliphatic rings. The van der Waals surface area contributed by atoms with Gasteiger partial charge in [-0.25, -0.2) is 4.98 Å².